The van der Waals surface area contributed by atoms with Gasteiger partial charge in [-0.2, -0.15) is 0 Å². The van der Waals surface area contributed by atoms with Gasteiger partial charge in [0, 0.05) is 5.56 Å². The molecule has 0 saturated carbocycles. The molecule has 1 aromatic heterocycles. The van der Waals surface area contributed by atoms with Gasteiger partial charge in [-0.15, -0.1) is 0 Å². The van der Waals surface area contributed by atoms with E-state index in [0.717, 1.165) is 12.0 Å². The van der Waals surface area contributed by atoms with Crippen molar-refractivity contribution < 1.29 is 4.79 Å². The van der Waals surface area contributed by atoms with E-state index >= 15 is 0 Å². The van der Waals surface area contributed by atoms with E-state index in [4.69, 9.17) is 0 Å². The Morgan fingerprint density at radius 2 is 1.43 bits per heavy atom. The number of hydrogen-bond acceptors (Lipinski definition) is 2. The Balaban J connectivity index is 2.80. The smallest absolute Gasteiger partial charge is 0.168 e. The summed E-state index contributed by atoms with van der Waals surface area (Å²) in [4.78, 5) is 15.7. The number of aldehydes is 1. The van der Waals surface area contributed by atoms with Crippen molar-refractivity contribution >= 4 is 6.29 Å². The Bertz CT molecular complexity index is 670. The molecule has 1 aromatic carbocycles. The molecule has 1 heterocycles. The third-order valence-corrected chi connectivity index (χ3v) is 4.28. The number of nitrogens with zero attached hydrogens (tertiary/aromatic N) is 1. The van der Waals surface area contributed by atoms with Crippen molar-refractivity contribution in [2.75, 3.05) is 0 Å². The molecule has 2 rings (SSSR count). The van der Waals surface area contributed by atoms with E-state index in [1.165, 1.54) is 22.3 Å². The number of benzene rings is 1. The predicted octanol–water partition coefficient (Wildman–Crippen LogP) is 5.93. The van der Waals surface area contributed by atoms with Gasteiger partial charge in [0.2, 0.25) is 0 Å². The Hall–Kier alpha value is -1.96. The summed E-state index contributed by atoms with van der Waals surface area (Å²) in [6, 6.07) is 10.3. The van der Waals surface area contributed by atoms with Gasteiger partial charge in [0.1, 0.15) is 5.69 Å². The summed E-state index contributed by atoms with van der Waals surface area (Å²) in [5.74, 6) is 1.30. The van der Waals surface area contributed by atoms with Gasteiger partial charge in [0.05, 0.1) is 5.69 Å². The second-order valence-corrected chi connectivity index (χ2v) is 7.10. The van der Waals surface area contributed by atoms with Gasteiger partial charge in [-0.1, -0.05) is 59.7 Å². The summed E-state index contributed by atoms with van der Waals surface area (Å²) in [6.07, 6.45) is 0.816. The molecule has 0 aliphatic rings. The first-order valence-electron chi connectivity index (χ1n) is 8.45. The molecule has 0 amide bonds. The van der Waals surface area contributed by atoms with E-state index in [-0.39, 0.29) is 0 Å². The molecular weight excluding hydrogens is 282 g/mol. The normalized spacial score (nSPS) is 11.5. The van der Waals surface area contributed by atoms with Crippen LogP contribution in [0.2, 0.25) is 0 Å². The second kappa shape index (κ2) is 7.08. The molecule has 2 heteroatoms. The average molecular weight is 309 g/mol. The molecule has 0 fully saturated rings. The van der Waals surface area contributed by atoms with Crippen molar-refractivity contribution in [2.24, 2.45) is 0 Å². The third-order valence-electron chi connectivity index (χ3n) is 4.28. The van der Waals surface area contributed by atoms with Crippen LogP contribution in [0.25, 0.3) is 11.3 Å². The highest BCUT2D eigenvalue weighted by Gasteiger charge is 2.19. The number of pyridine rings is 1. The first kappa shape index (κ1) is 17.4. The van der Waals surface area contributed by atoms with Gasteiger partial charge in [0.25, 0.3) is 0 Å². The number of carbonyl (C=O) groups is 1. The van der Waals surface area contributed by atoms with E-state index in [2.05, 4.69) is 58.7 Å². The fraction of sp³-hybridized carbons (Fsp3) is 0.429. The van der Waals surface area contributed by atoms with Crippen LogP contribution < -0.4 is 0 Å². The first-order valence-corrected chi connectivity index (χ1v) is 8.45. The molecule has 0 radical (unpaired) electrons. The van der Waals surface area contributed by atoms with Crippen molar-refractivity contribution in [1.82, 2.24) is 4.98 Å². The van der Waals surface area contributed by atoms with Gasteiger partial charge in [-0.05, 0) is 46.6 Å². The van der Waals surface area contributed by atoms with E-state index in [1.807, 2.05) is 12.1 Å². The topological polar surface area (TPSA) is 30.0 Å². The number of hydrogen-bond donors (Lipinski definition) is 0. The largest absolute Gasteiger partial charge is 0.296 e. The summed E-state index contributed by atoms with van der Waals surface area (Å²) < 4.78 is 0. The van der Waals surface area contributed by atoms with Crippen molar-refractivity contribution in [3.63, 3.8) is 0 Å². The molecule has 0 unspecified atom stereocenters. The fourth-order valence-electron chi connectivity index (χ4n) is 2.91. The molecule has 0 aliphatic carbocycles. The van der Waals surface area contributed by atoms with Gasteiger partial charge in [-0.25, -0.2) is 4.98 Å². The zero-order valence-corrected chi connectivity index (χ0v) is 15.1. The summed E-state index contributed by atoms with van der Waals surface area (Å²) in [7, 11) is 0. The highest BCUT2D eigenvalue weighted by atomic mass is 16.1. The Morgan fingerprint density at radius 3 is 1.87 bits per heavy atom. The van der Waals surface area contributed by atoms with Crippen LogP contribution in [0.15, 0.2) is 30.3 Å². The fourth-order valence-corrected chi connectivity index (χ4v) is 2.91. The van der Waals surface area contributed by atoms with Crippen molar-refractivity contribution in [3.05, 3.63) is 52.7 Å². The van der Waals surface area contributed by atoms with Crippen LogP contribution >= 0.6 is 0 Å². The summed E-state index contributed by atoms with van der Waals surface area (Å²) in [5.41, 5.74) is 6.58. The molecule has 122 valence electrons. The van der Waals surface area contributed by atoms with Crippen LogP contribution in [0.4, 0.5) is 0 Å². The molecule has 0 saturated heterocycles. The molecule has 0 N–H and O–H groups in total. The number of aromatic nitrogens is 1. The highest BCUT2D eigenvalue weighted by molar-refractivity contribution is 5.76. The zero-order chi connectivity index (χ0) is 17.1. The van der Waals surface area contributed by atoms with Crippen LogP contribution in [-0.4, -0.2) is 11.3 Å². The van der Waals surface area contributed by atoms with E-state index in [9.17, 15) is 4.79 Å². The lowest BCUT2D eigenvalue weighted by atomic mass is 9.83. The minimum Gasteiger partial charge on any atom is -0.296 e. The van der Waals surface area contributed by atoms with Crippen LogP contribution in [0.5, 0.6) is 0 Å². The molecule has 0 spiro atoms. The molecule has 2 aromatic rings. The first-order chi connectivity index (χ1) is 10.8. The molecule has 0 bridgehead atoms. The van der Waals surface area contributed by atoms with E-state index < -0.39 is 0 Å². The van der Waals surface area contributed by atoms with Gasteiger partial charge >= 0.3 is 0 Å². The maximum atomic E-state index is 11.1. The molecule has 0 atom stereocenters. The Kier molecular flexibility index (Phi) is 5.35. The average Bonchev–Trinajstić information content (AvgIpc) is 2.53. The van der Waals surface area contributed by atoms with Crippen molar-refractivity contribution in [2.45, 2.75) is 59.3 Å². The highest BCUT2D eigenvalue weighted by Crippen LogP contribution is 2.37. The third kappa shape index (κ3) is 3.69. The van der Waals surface area contributed by atoms with Crippen molar-refractivity contribution in [3.8, 4) is 11.3 Å². The van der Waals surface area contributed by atoms with E-state index in [1.54, 1.807) is 6.07 Å². The lowest BCUT2D eigenvalue weighted by Crippen LogP contribution is -2.05. The maximum Gasteiger partial charge on any atom is 0.168 e. The van der Waals surface area contributed by atoms with E-state index in [0.29, 0.717) is 23.4 Å². The minimum absolute atomic E-state index is 0.405. The second-order valence-electron chi connectivity index (χ2n) is 7.10. The molecule has 23 heavy (non-hydrogen) atoms. The van der Waals surface area contributed by atoms with Gasteiger partial charge in [-0.3, -0.25) is 4.79 Å². The van der Waals surface area contributed by atoms with Gasteiger partial charge < -0.3 is 0 Å². The molecule has 0 aliphatic heterocycles. The van der Waals surface area contributed by atoms with Crippen LogP contribution in [0.1, 0.15) is 86.5 Å². The predicted molar refractivity (Wildman–Crippen MR) is 97.3 cm³/mol. The van der Waals surface area contributed by atoms with Crippen LogP contribution in [-0.2, 0) is 0 Å². The maximum absolute atomic E-state index is 11.1. The van der Waals surface area contributed by atoms with Crippen molar-refractivity contribution in [1.29, 1.82) is 0 Å². The van der Waals surface area contributed by atoms with Crippen LogP contribution in [0.3, 0.4) is 0 Å². The van der Waals surface area contributed by atoms with Gasteiger partial charge in [0.15, 0.2) is 6.29 Å². The summed E-state index contributed by atoms with van der Waals surface area (Å²) >= 11 is 0. The number of carbonyl (C=O) groups excluding carboxylic acids is 1. The Morgan fingerprint density at radius 1 is 0.870 bits per heavy atom. The molecule has 2 nitrogen and oxygen atoms in total. The van der Waals surface area contributed by atoms with Crippen LogP contribution in [0, 0.1) is 0 Å². The lowest BCUT2D eigenvalue weighted by molar-refractivity contribution is 0.111. The SMILES string of the molecule is CC(C)c1cc(C(C)C)c(-c2cccc(C=O)n2)c(C(C)C)c1. The standard InChI is InChI=1S/C21H27NO/c1-13(2)16-10-18(14(3)4)21(19(11-16)15(5)6)20-9-7-8-17(12-23)22-20/h7-15H,1-6H3. The summed E-state index contributed by atoms with van der Waals surface area (Å²) in [5, 5.41) is 0. The number of rotatable bonds is 5. The minimum atomic E-state index is 0.405. The Labute approximate surface area is 140 Å². The monoisotopic (exact) mass is 309 g/mol. The molecular formula is C21H27NO. The zero-order valence-electron chi connectivity index (χ0n) is 15.1. The lowest BCUT2D eigenvalue weighted by Gasteiger charge is -2.22. The quantitative estimate of drug-likeness (QED) is 0.640. The summed E-state index contributed by atoms with van der Waals surface area (Å²) in [6.45, 7) is 13.3.